The molecule has 5 rings (SSSR count). The van der Waals surface area contributed by atoms with E-state index in [-0.39, 0.29) is 17.5 Å². The van der Waals surface area contributed by atoms with Gasteiger partial charge < -0.3 is 18.6 Å². The number of furan rings is 1. The SMILES string of the molecule is Cc1nc(-c2ccsc2)sc1C(=O)N1CCN(c2oc(-c3ccco3)nc2C#N)CC1. The third-order valence-corrected chi connectivity index (χ3v) is 6.94. The summed E-state index contributed by atoms with van der Waals surface area (Å²) in [5, 5.41) is 14.4. The van der Waals surface area contributed by atoms with Crippen LogP contribution in [-0.2, 0) is 0 Å². The number of oxazole rings is 1. The fourth-order valence-corrected chi connectivity index (χ4v) is 5.21. The summed E-state index contributed by atoms with van der Waals surface area (Å²) in [5.41, 5.74) is 2.01. The highest BCUT2D eigenvalue weighted by atomic mass is 32.1. The molecule has 1 aliphatic heterocycles. The van der Waals surface area contributed by atoms with Crippen molar-refractivity contribution in [3.8, 4) is 28.3 Å². The minimum atomic E-state index is -0.00881. The number of nitriles is 1. The summed E-state index contributed by atoms with van der Waals surface area (Å²) in [5.74, 6) is 1.15. The van der Waals surface area contributed by atoms with Crippen LogP contribution in [0.1, 0.15) is 21.1 Å². The Labute approximate surface area is 186 Å². The Kier molecular flexibility index (Phi) is 5.05. The number of carbonyl (C=O) groups excluding carboxylic acids is 1. The molecule has 1 saturated heterocycles. The molecule has 0 bridgehead atoms. The Morgan fingerprint density at radius 2 is 2.06 bits per heavy atom. The van der Waals surface area contributed by atoms with Gasteiger partial charge in [-0.25, -0.2) is 4.98 Å². The lowest BCUT2D eigenvalue weighted by molar-refractivity contribution is 0.0749. The quantitative estimate of drug-likeness (QED) is 0.457. The van der Waals surface area contributed by atoms with Gasteiger partial charge in [0.05, 0.1) is 12.0 Å². The lowest BCUT2D eigenvalue weighted by atomic mass is 10.2. The average molecular weight is 452 g/mol. The second kappa shape index (κ2) is 8.02. The first-order chi connectivity index (χ1) is 15.1. The number of nitrogens with zero attached hydrogens (tertiary/aromatic N) is 5. The summed E-state index contributed by atoms with van der Waals surface area (Å²) in [4.78, 5) is 26.4. The Hall–Kier alpha value is -3.42. The average Bonchev–Trinajstić information content (AvgIpc) is 3.59. The fraction of sp³-hybridized carbons (Fsp3) is 0.238. The standard InChI is InChI=1S/C21H17N5O3S2/c1-13-17(31-19(23-13)14-4-10-30-12-14)20(27)25-5-7-26(8-6-25)21-15(11-22)24-18(29-21)16-3-2-9-28-16/h2-4,9-10,12H,5-8H2,1H3. The molecule has 0 spiro atoms. The van der Waals surface area contributed by atoms with Crippen molar-refractivity contribution in [3.63, 3.8) is 0 Å². The lowest BCUT2D eigenvalue weighted by Gasteiger charge is -2.34. The Bertz CT molecular complexity index is 1240. The molecule has 0 aliphatic carbocycles. The maximum Gasteiger partial charge on any atom is 0.266 e. The molecule has 0 unspecified atom stereocenters. The van der Waals surface area contributed by atoms with E-state index in [1.165, 1.54) is 17.6 Å². The molecule has 8 nitrogen and oxygen atoms in total. The first-order valence-corrected chi connectivity index (χ1v) is 11.4. The van der Waals surface area contributed by atoms with Crippen molar-refractivity contribution in [1.82, 2.24) is 14.9 Å². The number of carbonyl (C=O) groups is 1. The summed E-state index contributed by atoms with van der Waals surface area (Å²) < 4.78 is 11.1. The van der Waals surface area contributed by atoms with Crippen LogP contribution in [0.2, 0.25) is 0 Å². The smallest absolute Gasteiger partial charge is 0.266 e. The summed E-state index contributed by atoms with van der Waals surface area (Å²) >= 11 is 3.04. The van der Waals surface area contributed by atoms with Crippen LogP contribution in [0.4, 0.5) is 5.88 Å². The van der Waals surface area contributed by atoms with Gasteiger partial charge in [0.1, 0.15) is 16.0 Å². The molecule has 4 aromatic rings. The minimum Gasteiger partial charge on any atom is -0.459 e. The summed E-state index contributed by atoms with van der Waals surface area (Å²) in [6.45, 7) is 4.00. The first-order valence-electron chi connectivity index (χ1n) is 9.63. The van der Waals surface area contributed by atoms with Crippen molar-refractivity contribution in [3.05, 3.63) is 51.5 Å². The monoisotopic (exact) mass is 451 g/mol. The molecule has 1 fully saturated rings. The topological polar surface area (TPSA) is 99.4 Å². The van der Waals surface area contributed by atoms with Gasteiger partial charge >= 0.3 is 0 Å². The molecular weight excluding hydrogens is 434 g/mol. The Morgan fingerprint density at radius 1 is 1.23 bits per heavy atom. The van der Waals surface area contributed by atoms with Crippen LogP contribution >= 0.6 is 22.7 Å². The van der Waals surface area contributed by atoms with Gasteiger partial charge in [-0.3, -0.25) is 4.79 Å². The van der Waals surface area contributed by atoms with E-state index in [4.69, 9.17) is 8.83 Å². The van der Waals surface area contributed by atoms with Crippen molar-refractivity contribution in [2.24, 2.45) is 0 Å². The zero-order valence-electron chi connectivity index (χ0n) is 16.6. The van der Waals surface area contributed by atoms with Gasteiger partial charge in [-0.1, -0.05) is 0 Å². The highest BCUT2D eigenvalue weighted by Crippen LogP contribution is 2.32. The zero-order valence-corrected chi connectivity index (χ0v) is 18.2. The molecular formula is C21H17N5O3S2. The second-order valence-corrected chi connectivity index (χ2v) is 8.77. The lowest BCUT2D eigenvalue weighted by Crippen LogP contribution is -2.48. The molecule has 31 heavy (non-hydrogen) atoms. The number of aromatic nitrogens is 2. The first kappa shape index (κ1) is 19.5. The van der Waals surface area contributed by atoms with E-state index in [0.717, 1.165) is 16.3 Å². The largest absolute Gasteiger partial charge is 0.459 e. The molecule has 156 valence electrons. The van der Waals surface area contributed by atoms with Crippen LogP contribution < -0.4 is 4.90 Å². The predicted octanol–water partition coefficient (Wildman–Crippen LogP) is 4.26. The summed E-state index contributed by atoms with van der Waals surface area (Å²) in [6.07, 6.45) is 1.53. The van der Waals surface area contributed by atoms with Crippen LogP contribution in [-0.4, -0.2) is 47.0 Å². The number of anilines is 1. The van der Waals surface area contributed by atoms with Gasteiger partial charge in [0.2, 0.25) is 11.6 Å². The highest BCUT2D eigenvalue weighted by molar-refractivity contribution is 7.17. The van der Waals surface area contributed by atoms with Gasteiger partial charge in [-0.05, 0) is 30.5 Å². The van der Waals surface area contributed by atoms with E-state index >= 15 is 0 Å². The van der Waals surface area contributed by atoms with Gasteiger partial charge in [-0.2, -0.15) is 21.6 Å². The summed E-state index contributed by atoms with van der Waals surface area (Å²) in [6, 6.07) is 7.56. The maximum atomic E-state index is 13.1. The number of hydrogen-bond donors (Lipinski definition) is 0. The second-order valence-electron chi connectivity index (χ2n) is 6.99. The van der Waals surface area contributed by atoms with Crippen LogP contribution in [0.3, 0.4) is 0 Å². The number of rotatable bonds is 4. The number of thiazole rings is 1. The molecule has 5 heterocycles. The van der Waals surface area contributed by atoms with Gasteiger partial charge in [0.15, 0.2) is 5.76 Å². The van der Waals surface area contributed by atoms with Crippen molar-refractivity contribution in [2.75, 3.05) is 31.1 Å². The highest BCUT2D eigenvalue weighted by Gasteiger charge is 2.29. The zero-order chi connectivity index (χ0) is 21.4. The number of thiophene rings is 1. The number of amides is 1. The maximum absolute atomic E-state index is 13.1. The molecule has 10 heteroatoms. The van der Waals surface area contributed by atoms with Crippen molar-refractivity contribution in [1.29, 1.82) is 5.26 Å². The molecule has 0 aromatic carbocycles. The molecule has 1 amide bonds. The summed E-state index contributed by atoms with van der Waals surface area (Å²) in [7, 11) is 0. The Balaban J connectivity index is 1.30. The van der Waals surface area contributed by atoms with Gasteiger partial charge in [0, 0.05) is 37.1 Å². The third-order valence-electron chi connectivity index (χ3n) is 5.06. The fourth-order valence-electron chi connectivity index (χ4n) is 3.47. The van der Waals surface area contributed by atoms with Crippen LogP contribution in [0, 0.1) is 18.3 Å². The van der Waals surface area contributed by atoms with Crippen molar-refractivity contribution in [2.45, 2.75) is 6.92 Å². The van der Waals surface area contributed by atoms with E-state index in [0.29, 0.717) is 42.7 Å². The molecule has 0 atom stereocenters. The van der Waals surface area contributed by atoms with Crippen LogP contribution in [0.15, 0.2) is 44.1 Å². The van der Waals surface area contributed by atoms with Gasteiger partial charge in [-0.15, -0.1) is 11.3 Å². The van der Waals surface area contributed by atoms with E-state index in [1.807, 2.05) is 33.6 Å². The molecule has 4 aromatic heterocycles. The molecule has 0 saturated carbocycles. The van der Waals surface area contributed by atoms with Gasteiger partial charge in [0.25, 0.3) is 11.8 Å². The number of aryl methyl sites for hydroxylation is 1. The molecule has 0 radical (unpaired) electrons. The normalized spacial score (nSPS) is 14.1. The Morgan fingerprint density at radius 3 is 2.74 bits per heavy atom. The van der Waals surface area contributed by atoms with Crippen LogP contribution in [0.25, 0.3) is 22.2 Å². The van der Waals surface area contributed by atoms with Crippen molar-refractivity contribution >= 4 is 34.5 Å². The predicted molar refractivity (Wildman–Crippen MR) is 117 cm³/mol. The van der Waals surface area contributed by atoms with Crippen LogP contribution in [0.5, 0.6) is 0 Å². The third kappa shape index (κ3) is 3.62. The van der Waals surface area contributed by atoms with Crippen molar-refractivity contribution < 1.29 is 13.6 Å². The van der Waals surface area contributed by atoms with E-state index in [2.05, 4.69) is 16.0 Å². The number of piperazine rings is 1. The molecule has 0 N–H and O–H groups in total. The number of hydrogen-bond acceptors (Lipinski definition) is 9. The van der Waals surface area contributed by atoms with E-state index in [9.17, 15) is 10.1 Å². The van der Waals surface area contributed by atoms with E-state index in [1.54, 1.807) is 23.5 Å². The molecule has 1 aliphatic rings. The van der Waals surface area contributed by atoms with E-state index < -0.39 is 0 Å². The minimum absolute atomic E-state index is 0.00881.